The number of esters is 1. The largest absolute Gasteiger partial charge is 0.455 e. The number of pyridine rings is 1. The summed E-state index contributed by atoms with van der Waals surface area (Å²) < 4.78 is 41.0. The molecule has 2 atom stereocenters. The molecule has 1 aromatic carbocycles. The zero-order valence-electron chi connectivity index (χ0n) is 18.3. The molecule has 0 bridgehead atoms. The van der Waals surface area contributed by atoms with E-state index in [1.54, 1.807) is 49.5 Å². The molecule has 0 radical (unpaired) electrons. The highest BCUT2D eigenvalue weighted by molar-refractivity contribution is 7.90. The van der Waals surface area contributed by atoms with E-state index in [4.69, 9.17) is 14.5 Å². The highest BCUT2D eigenvalue weighted by atomic mass is 32.2. The number of benzene rings is 1. The van der Waals surface area contributed by atoms with E-state index >= 15 is 0 Å². The predicted octanol–water partition coefficient (Wildman–Crippen LogP) is 3.60. The first-order valence-corrected chi connectivity index (χ1v) is 12.3. The first-order valence-electron chi connectivity index (χ1n) is 10.8. The van der Waals surface area contributed by atoms with E-state index in [1.165, 1.54) is 17.1 Å². The van der Waals surface area contributed by atoms with Gasteiger partial charge in [0.25, 0.3) is 10.0 Å². The Labute approximate surface area is 191 Å². The molecule has 0 aliphatic carbocycles. The van der Waals surface area contributed by atoms with Gasteiger partial charge in [-0.25, -0.2) is 22.4 Å². The maximum atomic E-state index is 13.3. The third kappa shape index (κ3) is 3.68. The standard InChI is InChI=1S/C23H24N4O5S/c1-15(32-16(2)28)22-25-20-13-24-23-19(21(20)27(22)17-7-6-12-31-14-17)10-11-26(23)33(29,30)18-8-4-3-5-9-18/h3-5,8-11,13,15,17H,6-7,12,14H2,1-2H3/t15-,17?/m1/s1. The minimum atomic E-state index is -3.82. The molecule has 33 heavy (non-hydrogen) atoms. The molecular weight excluding hydrogens is 444 g/mol. The fourth-order valence-electron chi connectivity index (χ4n) is 4.45. The number of hydrogen-bond acceptors (Lipinski definition) is 7. The topological polar surface area (TPSA) is 105 Å². The van der Waals surface area contributed by atoms with E-state index in [-0.39, 0.29) is 10.9 Å². The fourth-order valence-corrected chi connectivity index (χ4v) is 5.77. The fraction of sp³-hybridized carbons (Fsp3) is 0.348. The van der Waals surface area contributed by atoms with E-state index in [9.17, 15) is 13.2 Å². The van der Waals surface area contributed by atoms with Gasteiger partial charge in [-0.05, 0) is 38.0 Å². The van der Waals surface area contributed by atoms with Crippen molar-refractivity contribution in [2.24, 2.45) is 0 Å². The van der Waals surface area contributed by atoms with Gasteiger partial charge in [0, 0.05) is 25.1 Å². The van der Waals surface area contributed by atoms with Crippen LogP contribution in [0.15, 0.2) is 53.7 Å². The predicted molar refractivity (Wildman–Crippen MR) is 121 cm³/mol. The van der Waals surface area contributed by atoms with Crippen LogP contribution in [-0.4, -0.2) is 46.1 Å². The Morgan fingerprint density at radius 1 is 1.24 bits per heavy atom. The number of aromatic nitrogens is 4. The molecule has 1 unspecified atom stereocenters. The highest BCUT2D eigenvalue weighted by Crippen LogP contribution is 2.35. The minimum absolute atomic E-state index is 0.0172. The summed E-state index contributed by atoms with van der Waals surface area (Å²) in [5.41, 5.74) is 1.68. The average Bonchev–Trinajstić information content (AvgIpc) is 3.42. The van der Waals surface area contributed by atoms with Crippen LogP contribution in [0.5, 0.6) is 0 Å². The third-order valence-electron chi connectivity index (χ3n) is 5.86. The lowest BCUT2D eigenvalue weighted by atomic mass is 10.1. The second kappa shape index (κ2) is 8.27. The lowest BCUT2D eigenvalue weighted by Gasteiger charge is -2.27. The molecule has 1 fully saturated rings. The Kier molecular flexibility index (Phi) is 5.41. The normalized spacial score (nSPS) is 17.9. The van der Waals surface area contributed by atoms with Crippen LogP contribution in [0.3, 0.4) is 0 Å². The van der Waals surface area contributed by atoms with Crippen molar-refractivity contribution in [3.8, 4) is 0 Å². The summed E-state index contributed by atoms with van der Waals surface area (Å²) in [5.74, 6) is 0.188. The van der Waals surface area contributed by atoms with Crippen LogP contribution in [0.25, 0.3) is 22.1 Å². The second-order valence-electron chi connectivity index (χ2n) is 8.12. The minimum Gasteiger partial charge on any atom is -0.455 e. The van der Waals surface area contributed by atoms with Gasteiger partial charge in [-0.2, -0.15) is 0 Å². The molecule has 4 aromatic rings. The molecule has 4 heterocycles. The lowest BCUT2D eigenvalue weighted by molar-refractivity contribution is -0.146. The Balaban J connectivity index is 1.74. The molecule has 0 saturated carbocycles. The van der Waals surface area contributed by atoms with E-state index in [2.05, 4.69) is 4.98 Å². The number of rotatable bonds is 5. The molecule has 0 amide bonds. The Morgan fingerprint density at radius 3 is 2.73 bits per heavy atom. The van der Waals surface area contributed by atoms with Gasteiger partial charge in [-0.1, -0.05) is 18.2 Å². The van der Waals surface area contributed by atoms with Gasteiger partial charge in [0.2, 0.25) is 0 Å². The van der Waals surface area contributed by atoms with Gasteiger partial charge in [0.15, 0.2) is 17.6 Å². The van der Waals surface area contributed by atoms with Crippen molar-refractivity contribution in [3.63, 3.8) is 0 Å². The summed E-state index contributed by atoms with van der Waals surface area (Å²) in [6, 6.07) is 9.98. The van der Waals surface area contributed by atoms with Crippen molar-refractivity contribution in [1.82, 2.24) is 18.5 Å². The molecular formula is C23H24N4O5S. The van der Waals surface area contributed by atoms with E-state index in [1.807, 2.05) is 4.57 Å². The summed E-state index contributed by atoms with van der Waals surface area (Å²) in [4.78, 5) is 21.0. The number of ether oxygens (including phenoxy) is 2. The first-order chi connectivity index (χ1) is 15.9. The number of carbonyl (C=O) groups is 1. The number of fused-ring (bicyclic) bond motifs is 3. The Hall–Kier alpha value is -3.24. The molecule has 172 valence electrons. The summed E-state index contributed by atoms with van der Waals surface area (Å²) in [6.45, 7) is 4.33. The van der Waals surface area contributed by atoms with Crippen molar-refractivity contribution in [3.05, 3.63) is 54.6 Å². The molecule has 9 nitrogen and oxygen atoms in total. The summed E-state index contributed by atoms with van der Waals surface area (Å²) in [6.07, 6.45) is 4.27. The van der Waals surface area contributed by atoms with Crippen molar-refractivity contribution in [2.45, 2.75) is 43.7 Å². The Bertz CT molecular complexity index is 1440. The van der Waals surface area contributed by atoms with Crippen LogP contribution >= 0.6 is 0 Å². The van der Waals surface area contributed by atoms with Crippen LogP contribution in [-0.2, 0) is 24.3 Å². The summed E-state index contributed by atoms with van der Waals surface area (Å²) >= 11 is 0. The van der Waals surface area contributed by atoms with Crippen LogP contribution in [0.1, 0.15) is 44.7 Å². The van der Waals surface area contributed by atoms with E-state index < -0.39 is 22.1 Å². The van der Waals surface area contributed by atoms with Crippen molar-refractivity contribution in [1.29, 1.82) is 0 Å². The zero-order valence-corrected chi connectivity index (χ0v) is 19.2. The second-order valence-corrected chi connectivity index (χ2v) is 9.94. The van der Waals surface area contributed by atoms with Gasteiger partial charge < -0.3 is 14.0 Å². The zero-order chi connectivity index (χ0) is 23.2. The summed E-state index contributed by atoms with van der Waals surface area (Å²) in [7, 11) is -3.82. The molecule has 1 saturated heterocycles. The summed E-state index contributed by atoms with van der Waals surface area (Å²) in [5, 5.41) is 0.659. The van der Waals surface area contributed by atoms with Gasteiger partial charge in [-0.15, -0.1) is 0 Å². The maximum absolute atomic E-state index is 13.3. The SMILES string of the molecule is CC(=O)O[C@H](C)c1nc2cnc3c(ccn3S(=O)(=O)c3ccccc3)c2n1C1CCCOC1. The number of hydrogen-bond donors (Lipinski definition) is 0. The maximum Gasteiger partial charge on any atom is 0.303 e. The third-order valence-corrected chi connectivity index (χ3v) is 7.54. The molecule has 3 aromatic heterocycles. The van der Waals surface area contributed by atoms with E-state index in [0.717, 1.165) is 18.4 Å². The van der Waals surface area contributed by atoms with Crippen molar-refractivity contribution in [2.75, 3.05) is 13.2 Å². The lowest BCUT2D eigenvalue weighted by Crippen LogP contribution is -2.24. The number of imidazole rings is 1. The molecule has 0 spiro atoms. The average molecular weight is 469 g/mol. The van der Waals surface area contributed by atoms with Crippen molar-refractivity contribution >= 4 is 38.1 Å². The van der Waals surface area contributed by atoms with Crippen LogP contribution < -0.4 is 0 Å². The molecule has 1 aliphatic heterocycles. The van der Waals surface area contributed by atoms with Gasteiger partial charge in [-0.3, -0.25) is 4.79 Å². The van der Waals surface area contributed by atoms with Gasteiger partial charge in [0.05, 0.1) is 29.3 Å². The molecule has 10 heteroatoms. The van der Waals surface area contributed by atoms with Crippen LogP contribution in [0.4, 0.5) is 0 Å². The molecule has 0 N–H and O–H groups in total. The quantitative estimate of drug-likeness (QED) is 0.412. The monoisotopic (exact) mass is 468 g/mol. The van der Waals surface area contributed by atoms with Crippen molar-refractivity contribution < 1.29 is 22.7 Å². The highest BCUT2D eigenvalue weighted by Gasteiger charge is 2.29. The molecule has 1 aliphatic rings. The van der Waals surface area contributed by atoms with Crippen LogP contribution in [0.2, 0.25) is 0 Å². The number of nitrogens with zero attached hydrogens (tertiary/aromatic N) is 4. The Morgan fingerprint density at radius 2 is 2.03 bits per heavy atom. The smallest absolute Gasteiger partial charge is 0.303 e. The van der Waals surface area contributed by atoms with Gasteiger partial charge in [0.1, 0.15) is 5.52 Å². The number of carbonyl (C=O) groups excluding carboxylic acids is 1. The van der Waals surface area contributed by atoms with Gasteiger partial charge >= 0.3 is 5.97 Å². The van der Waals surface area contributed by atoms with E-state index in [0.29, 0.717) is 35.6 Å². The molecule has 5 rings (SSSR count). The van der Waals surface area contributed by atoms with Crippen LogP contribution in [0, 0.1) is 0 Å². The first kappa shape index (κ1) is 21.6.